The maximum atomic E-state index is 12.8. The van der Waals surface area contributed by atoms with Crippen molar-refractivity contribution in [1.29, 1.82) is 0 Å². The number of thiol groups is 1. The van der Waals surface area contributed by atoms with Gasteiger partial charge in [0.1, 0.15) is 18.1 Å². The molecule has 3 amide bonds. The van der Waals surface area contributed by atoms with E-state index in [2.05, 4.69) is 33.6 Å². The average Bonchev–Trinajstić information content (AvgIpc) is 3.17. The number of amides is 3. The summed E-state index contributed by atoms with van der Waals surface area (Å²) in [4.78, 5) is 51.7. The zero-order valence-corrected chi connectivity index (χ0v) is 18.3. The second-order valence-corrected chi connectivity index (χ2v) is 7.60. The minimum absolute atomic E-state index is 0.0277. The van der Waals surface area contributed by atoms with Crippen LogP contribution < -0.4 is 21.7 Å². The van der Waals surface area contributed by atoms with Gasteiger partial charge in [0.2, 0.25) is 17.7 Å². The van der Waals surface area contributed by atoms with Gasteiger partial charge in [0, 0.05) is 29.3 Å². The van der Waals surface area contributed by atoms with Crippen LogP contribution in [-0.2, 0) is 25.6 Å². The number of nitrogens with one attached hydrogen (secondary N) is 4. The SMILES string of the molecule is CC(N)C(=O)NC(CS)C(=O)NC(Cc1c[nH]c2ccccc12)C(=O)NC(CO)C(=O)O. The molecule has 2 aromatic rings. The average molecular weight is 466 g/mol. The maximum Gasteiger partial charge on any atom is 0.328 e. The van der Waals surface area contributed by atoms with Crippen LogP contribution in [0.3, 0.4) is 0 Å². The summed E-state index contributed by atoms with van der Waals surface area (Å²) in [6.07, 6.45) is 1.71. The van der Waals surface area contributed by atoms with Crippen LogP contribution in [0.15, 0.2) is 30.5 Å². The summed E-state index contributed by atoms with van der Waals surface area (Å²) < 4.78 is 0. The van der Waals surface area contributed by atoms with Gasteiger partial charge in [-0.2, -0.15) is 12.6 Å². The Kier molecular flexibility index (Phi) is 9.05. The highest BCUT2D eigenvalue weighted by Gasteiger charge is 2.30. The number of aliphatic carboxylic acids is 1. The Morgan fingerprint density at radius 3 is 2.22 bits per heavy atom. The third-order valence-electron chi connectivity index (χ3n) is 4.76. The van der Waals surface area contributed by atoms with Gasteiger partial charge in [-0.25, -0.2) is 4.79 Å². The topological polar surface area (TPSA) is 187 Å². The number of aromatic amines is 1. The molecule has 0 fully saturated rings. The molecular weight excluding hydrogens is 438 g/mol. The normalized spacial score (nSPS) is 14.8. The van der Waals surface area contributed by atoms with E-state index in [1.165, 1.54) is 6.92 Å². The van der Waals surface area contributed by atoms with Gasteiger partial charge in [0.25, 0.3) is 0 Å². The van der Waals surface area contributed by atoms with Crippen LogP contribution in [-0.4, -0.2) is 75.4 Å². The molecule has 0 saturated heterocycles. The standard InChI is InChI=1S/C20H27N5O6S/c1-10(21)17(27)25-16(9-32)19(29)23-14(18(28)24-15(8-26)20(30)31)6-11-7-22-13-5-3-2-4-12(11)13/h2-5,7,10,14-16,22,26,32H,6,8-9,21H2,1H3,(H,23,29)(H,24,28)(H,25,27)(H,30,31). The molecule has 2 rings (SSSR count). The van der Waals surface area contributed by atoms with Gasteiger partial charge in [-0.05, 0) is 18.6 Å². The molecule has 1 heterocycles. The number of aromatic nitrogens is 1. The van der Waals surface area contributed by atoms with E-state index in [9.17, 15) is 24.3 Å². The summed E-state index contributed by atoms with van der Waals surface area (Å²) >= 11 is 4.07. The molecular formula is C20H27N5O6S. The van der Waals surface area contributed by atoms with E-state index in [-0.39, 0.29) is 12.2 Å². The fourth-order valence-corrected chi connectivity index (χ4v) is 3.21. The molecule has 0 bridgehead atoms. The van der Waals surface area contributed by atoms with Crippen LogP contribution in [0.25, 0.3) is 10.9 Å². The molecule has 1 aromatic heterocycles. The van der Waals surface area contributed by atoms with Crippen molar-refractivity contribution >= 4 is 47.2 Å². The summed E-state index contributed by atoms with van der Waals surface area (Å²) in [6.45, 7) is 0.634. The van der Waals surface area contributed by atoms with Crippen LogP contribution in [0.1, 0.15) is 12.5 Å². The molecule has 0 saturated carbocycles. The van der Waals surface area contributed by atoms with Crippen molar-refractivity contribution in [3.8, 4) is 0 Å². The second kappa shape index (κ2) is 11.5. The first-order valence-electron chi connectivity index (χ1n) is 9.84. The van der Waals surface area contributed by atoms with Crippen LogP contribution in [0, 0.1) is 0 Å². The zero-order valence-electron chi connectivity index (χ0n) is 17.4. The van der Waals surface area contributed by atoms with Gasteiger partial charge in [0.05, 0.1) is 12.6 Å². The first-order chi connectivity index (χ1) is 15.2. The summed E-state index contributed by atoms with van der Waals surface area (Å²) in [6, 6.07) is 2.70. The molecule has 0 aliphatic carbocycles. The number of H-pyrrole nitrogens is 1. The van der Waals surface area contributed by atoms with Gasteiger partial charge in [-0.3, -0.25) is 14.4 Å². The third-order valence-corrected chi connectivity index (χ3v) is 5.12. The molecule has 0 spiro atoms. The Hall–Kier alpha value is -3.09. The number of carboxylic acid groups (broad SMARTS) is 1. The Morgan fingerprint density at radius 1 is 1.03 bits per heavy atom. The predicted molar refractivity (Wildman–Crippen MR) is 120 cm³/mol. The zero-order chi connectivity index (χ0) is 23.8. The largest absolute Gasteiger partial charge is 0.480 e. The van der Waals surface area contributed by atoms with Gasteiger partial charge in [0.15, 0.2) is 0 Å². The maximum absolute atomic E-state index is 12.8. The molecule has 174 valence electrons. The van der Waals surface area contributed by atoms with Crippen LogP contribution in [0.5, 0.6) is 0 Å². The third kappa shape index (κ3) is 6.45. The van der Waals surface area contributed by atoms with Crippen molar-refractivity contribution in [2.75, 3.05) is 12.4 Å². The van der Waals surface area contributed by atoms with Crippen molar-refractivity contribution in [2.24, 2.45) is 5.73 Å². The van der Waals surface area contributed by atoms with E-state index >= 15 is 0 Å². The Bertz CT molecular complexity index is 978. The van der Waals surface area contributed by atoms with Crippen molar-refractivity contribution in [3.63, 3.8) is 0 Å². The minimum Gasteiger partial charge on any atom is -0.480 e. The molecule has 8 N–H and O–H groups in total. The molecule has 4 atom stereocenters. The highest BCUT2D eigenvalue weighted by Crippen LogP contribution is 2.19. The summed E-state index contributed by atoms with van der Waals surface area (Å²) in [5, 5.41) is 26.4. The van der Waals surface area contributed by atoms with Gasteiger partial charge >= 0.3 is 5.97 Å². The van der Waals surface area contributed by atoms with Gasteiger partial charge in [-0.15, -0.1) is 0 Å². The van der Waals surface area contributed by atoms with Crippen molar-refractivity contribution in [1.82, 2.24) is 20.9 Å². The van der Waals surface area contributed by atoms with E-state index in [0.29, 0.717) is 5.56 Å². The fourth-order valence-electron chi connectivity index (χ4n) is 2.96. The number of fused-ring (bicyclic) bond motifs is 1. The van der Waals surface area contributed by atoms with Crippen molar-refractivity contribution in [2.45, 2.75) is 37.5 Å². The highest BCUT2D eigenvalue weighted by molar-refractivity contribution is 7.80. The highest BCUT2D eigenvalue weighted by atomic mass is 32.1. The van der Waals surface area contributed by atoms with E-state index < -0.39 is 54.5 Å². The number of carbonyl (C=O) groups is 4. The number of hydrogen-bond donors (Lipinski definition) is 8. The van der Waals surface area contributed by atoms with Gasteiger partial charge in [-0.1, -0.05) is 18.2 Å². The van der Waals surface area contributed by atoms with Crippen LogP contribution >= 0.6 is 12.6 Å². The van der Waals surface area contributed by atoms with Crippen LogP contribution in [0.4, 0.5) is 0 Å². The minimum atomic E-state index is -1.54. The Morgan fingerprint density at radius 2 is 1.62 bits per heavy atom. The molecule has 4 unspecified atom stereocenters. The van der Waals surface area contributed by atoms with E-state index in [1.54, 1.807) is 6.20 Å². The lowest BCUT2D eigenvalue weighted by Crippen LogP contribution is -2.58. The molecule has 12 heteroatoms. The molecule has 0 radical (unpaired) electrons. The lowest BCUT2D eigenvalue weighted by molar-refractivity contribution is -0.143. The molecule has 1 aromatic carbocycles. The van der Waals surface area contributed by atoms with Crippen LogP contribution in [0.2, 0.25) is 0 Å². The number of benzene rings is 1. The Balaban J connectivity index is 2.26. The van der Waals surface area contributed by atoms with Gasteiger partial charge < -0.3 is 36.9 Å². The summed E-state index contributed by atoms with van der Waals surface area (Å²) in [5.74, 6) is -3.54. The van der Waals surface area contributed by atoms with E-state index in [0.717, 1.165) is 10.9 Å². The number of carbonyl (C=O) groups excluding carboxylic acids is 3. The lowest BCUT2D eigenvalue weighted by atomic mass is 10.0. The van der Waals surface area contributed by atoms with Crippen molar-refractivity contribution < 1.29 is 29.4 Å². The molecule has 32 heavy (non-hydrogen) atoms. The molecule has 11 nitrogen and oxygen atoms in total. The number of nitrogens with two attached hydrogens (primary N) is 1. The fraction of sp³-hybridized carbons (Fsp3) is 0.400. The quantitative estimate of drug-likeness (QED) is 0.186. The number of carboxylic acids is 1. The number of aliphatic hydroxyl groups is 1. The van der Waals surface area contributed by atoms with E-state index in [1.807, 2.05) is 24.3 Å². The molecule has 0 aliphatic heterocycles. The second-order valence-electron chi connectivity index (χ2n) is 7.24. The first kappa shape index (κ1) is 25.2. The number of hydrogen-bond acceptors (Lipinski definition) is 7. The number of rotatable bonds is 11. The predicted octanol–water partition coefficient (Wildman–Crippen LogP) is -1.48. The van der Waals surface area contributed by atoms with Crippen molar-refractivity contribution in [3.05, 3.63) is 36.0 Å². The Labute approximate surface area is 189 Å². The number of aliphatic hydroxyl groups excluding tert-OH is 1. The van der Waals surface area contributed by atoms with E-state index in [4.69, 9.17) is 10.8 Å². The monoisotopic (exact) mass is 465 g/mol. The summed E-state index contributed by atoms with van der Waals surface area (Å²) in [5.41, 5.74) is 7.05. The number of para-hydroxylation sites is 1. The smallest absolute Gasteiger partial charge is 0.328 e. The lowest BCUT2D eigenvalue weighted by Gasteiger charge is -2.24. The molecule has 0 aliphatic rings. The summed E-state index contributed by atoms with van der Waals surface area (Å²) in [7, 11) is 0. The first-order valence-corrected chi connectivity index (χ1v) is 10.5.